The van der Waals surface area contributed by atoms with Crippen LogP contribution in [-0.2, 0) is 142 Å². The van der Waals surface area contributed by atoms with Gasteiger partial charge in [0.1, 0.15) is 49.3 Å². The van der Waals surface area contributed by atoms with Gasteiger partial charge in [-0.05, 0) is 74.1 Å². The number of carbonyl (C=O) groups excluding carboxylic acids is 11. The second kappa shape index (κ2) is 45.5. The van der Waals surface area contributed by atoms with Crippen LogP contribution in [-0.4, -0.2) is 281 Å². The molecular formula is C90H125Cl3FN3O35. The van der Waals surface area contributed by atoms with Crippen LogP contribution in [0.4, 0.5) is 18.8 Å². The lowest BCUT2D eigenvalue weighted by Crippen LogP contribution is -2.66. The van der Waals surface area contributed by atoms with Crippen LogP contribution in [0.1, 0.15) is 183 Å². The van der Waals surface area contributed by atoms with Crippen molar-refractivity contribution in [1.29, 1.82) is 0 Å². The van der Waals surface area contributed by atoms with Crippen molar-refractivity contribution in [3.63, 3.8) is 0 Å². The Hall–Kier alpha value is -7.71. The second-order valence-electron chi connectivity index (χ2n) is 35.2. The lowest BCUT2D eigenvalue weighted by Gasteiger charge is -2.52. The molecule has 0 radical (unpaired) electrons. The third-order valence-electron chi connectivity index (χ3n) is 26.6. The van der Waals surface area contributed by atoms with Gasteiger partial charge in [-0.25, -0.2) is 38.0 Å². The van der Waals surface area contributed by atoms with Crippen molar-refractivity contribution >= 4 is 101 Å². The maximum atomic E-state index is 17.5. The summed E-state index contributed by atoms with van der Waals surface area (Å²) in [6.45, 7) is 26.1. The summed E-state index contributed by atoms with van der Waals surface area (Å²) in [5.74, 6) is -16.9. The Labute approximate surface area is 780 Å². The maximum Gasteiger partial charge on any atom is 0.407 e. The van der Waals surface area contributed by atoms with Gasteiger partial charge in [0.2, 0.25) is 10.2 Å². The normalized spacial score (nSPS) is 37.6. The number of benzene rings is 2. The number of carbonyl (C=O) groups is 11. The van der Waals surface area contributed by atoms with Crippen LogP contribution < -0.4 is 16.0 Å². The van der Waals surface area contributed by atoms with Crippen LogP contribution in [0.25, 0.3) is 0 Å². The molecule has 9 saturated heterocycles. The summed E-state index contributed by atoms with van der Waals surface area (Å²) < 4.78 is 167. The molecule has 132 heavy (non-hydrogen) atoms. The number of hydrogen-bond donors (Lipinski definition) is 3. The van der Waals surface area contributed by atoms with E-state index in [1.54, 1.807) is 116 Å². The van der Waals surface area contributed by atoms with E-state index in [2.05, 4.69) is 16.0 Å². The number of amides is 3. The van der Waals surface area contributed by atoms with E-state index < -0.39 is 327 Å². The molecule has 9 aliphatic heterocycles. The van der Waals surface area contributed by atoms with Crippen LogP contribution in [0.3, 0.4) is 0 Å². The average molecular weight is 1930 g/mol. The van der Waals surface area contributed by atoms with E-state index in [-0.39, 0.29) is 36.8 Å². The Morgan fingerprint density at radius 2 is 0.841 bits per heavy atom. The summed E-state index contributed by atoms with van der Waals surface area (Å²) in [6.07, 6.45) is -33.0. The van der Waals surface area contributed by atoms with Crippen molar-refractivity contribution in [1.82, 2.24) is 16.0 Å². The van der Waals surface area contributed by atoms with E-state index in [9.17, 15) is 52.7 Å². The van der Waals surface area contributed by atoms with Gasteiger partial charge in [-0.1, -0.05) is 161 Å². The predicted octanol–water partition coefficient (Wildman–Crippen LogP) is 10.2. The summed E-state index contributed by atoms with van der Waals surface area (Å²) in [7, 11) is 2.17. The third-order valence-corrected chi connectivity index (χ3v) is 26.9. The molecule has 37 atom stereocenters. The first-order valence-electron chi connectivity index (χ1n) is 45.0. The number of nitrogens with one attached hydrogen (secondary N) is 3. The Morgan fingerprint density at radius 3 is 1.23 bits per heavy atom. The van der Waals surface area contributed by atoms with E-state index in [0.29, 0.717) is 6.42 Å². The monoisotopic (exact) mass is 1930 g/mol. The molecule has 9 aliphatic rings. The molecule has 3 amide bonds. The van der Waals surface area contributed by atoms with E-state index in [0.717, 1.165) is 35.0 Å². The molecule has 3 N–H and O–H groups in total. The van der Waals surface area contributed by atoms with E-state index >= 15 is 4.39 Å². The molecule has 11 rings (SSSR count). The first kappa shape index (κ1) is 105. The minimum Gasteiger partial charge on any atom is -0.465 e. The highest BCUT2D eigenvalue weighted by molar-refractivity contribution is 6.67. The third kappa shape index (κ3) is 24.3. The van der Waals surface area contributed by atoms with Gasteiger partial charge in [0.25, 0.3) is 11.6 Å². The van der Waals surface area contributed by atoms with Gasteiger partial charge >= 0.3 is 66.0 Å². The summed E-state index contributed by atoms with van der Waals surface area (Å²) in [4.78, 5) is 149. The largest absolute Gasteiger partial charge is 0.465 e. The Bertz CT molecular complexity index is 4280. The molecule has 9 fully saturated rings. The summed E-state index contributed by atoms with van der Waals surface area (Å²) in [5, 5.41) is 8.14. The molecule has 0 bridgehead atoms. The highest BCUT2D eigenvalue weighted by Gasteiger charge is 2.65. The number of hydrogen-bond acceptors (Lipinski definition) is 35. The van der Waals surface area contributed by atoms with Crippen molar-refractivity contribution in [2.24, 2.45) is 47.3 Å². The van der Waals surface area contributed by atoms with E-state index in [1.165, 1.54) is 6.92 Å². The fourth-order valence-corrected chi connectivity index (χ4v) is 19.1. The van der Waals surface area contributed by atoms with Crippen molar-refractivity contribution in [2.45, 2.75) is 344 Å². The zero-order valence-electron chi connectivity index (χ0n) is 77.4. The molecule has 2 aromatic carbocycles. The minimum atomic E-state index is -2.45. The van der Waals surface area contributed by atoms with Crippen LogP contribution >= 0.6 is 34.8 Å². The summed E-state index contributed by atoms with van der Waals surface area (Å²) in [5.41, 5.74) is 0.414. The predicted molar refractivity (Wildman–Crippen MR) is 456 cm³/mol. The van der Waals surface area contributed by atoms with E-state index in [4.69, 9.17) is 148 Å². The van der Waals surface area contributed by atoms with Gasteiger partial charge in [0, 0.05) is 57.3 Å². The number of halogens is 4. The molecule has 2 aromatic rings. The van der Waals surface area contributed by atoms with Gasteiger partial charge in [-0.3, -0.25) is 19.2 Å². The second-order valence-corrected chi connectivity index (χ2v) is 37.7. The van der Waals surface area contributed by atoms with Gasteiger partial charge in [-0.15, -0.1) is 0 Å². The summed E-state index contributed by atoms with van der Waals surface area (Å²) >= 11 is 18.4. The number of methoxy groups -OCH3 is 2. The van der Waals surface area contributed by atoms with Crippen LogP contribution in [0.5, 0.6) is 0 Å². The quantitative estimate of drug-likeness (QED) is 0.0328. The zero-order chi connectivity index (χ0) is 96.4. The zero-order valence-corrected chi connectivity index (χ0v) is 79.6. The van der Waals surface area contributed by atoms with Gasteiger partial charge in [0.15, 0.2) is 49.6 Å². The molecule has 42 heteroatoms. The van der Waals surface area contributed by atoms with E-state index in [1.807, 2.05) is 34.6 Å². The molecule has 0 spiro atoms. The lowest BCUT2D eigenvalue weighted by molar-refractivity contribution is -0.368. The topological polar surface area (TPSA) is 445 Å². The minimum absolute atomic E-state index is 0.0710. The number of alkyl halides is 4. The molecule has 12 unspecified atom stereocenters. The number of fused-ring (bicyclic) bond motifs is 2. The van der Waals surface area contributed by atoms with Crippen molar-refractivity contribution in [3.05, 3.63) is 71.8 Å². The fourth-order valence-electron chi connectivity index (χ4n) is 18.9. The number of esters is 8. The Balaban J connectivity index is 0.847. The van der Waals surface area contributed by atoms with Gasteiger partial charge in [0.05, 0.1) is 118 Å². The SMILES string of the molecule is CCC1O[C@@H](O[C@@H]2C(CC)O[C@H](F)C(O[C@@H]3OC(CC)[C@@H](O[C@@H]4OC(CO[C@]5(C(=O)OC)C[C@H]6OC(=O)N[C@H]6C([C@H](OC(C)=O)[C@@H](CC)OC(C)=O)O5)[C@H](C)[C@H](C)C4OC(=O)c4ccccc4)[C@H](C)C3NC(=O)OCC(Cl)(Cl)Cl)[C@H]2C)C(C)[C@@H](C)[C@@H]1O[C@@H]1OC(CO[C@]2(C(=O)OC)C[C@H]3OC(=O)N[C@H]3C([C@H](OC(C)=O)[C@@H](CC)OC(C)=O)O2)[C@H](C)[C@H](C)C1OC(=O)c1ccccc1. The molecule has 9 heterocycles. The fraction of sp³-hybridized carbons (Fsp3) is 0.744. The first-order valence-corrected chi connectivity index (χ1v) is 46.2. The van der Waals surface area contributed by atoms with Crippen LogP contribution in [0, 0.1) is 47.3 Å². The van der Waals surface area contributed by atoms with Crippen LogP contribution in [0.2, 0.25) is 0 Å². The molecule has 0 aromatic heterocycles. The van der Waals surface area contributed by atoms with Crippen LogP contribution in [0.15, 0.2) is 60.7 Å². The first-order chi connectivity index (χ1) is 62.5. The highest BCUT2D eigenvalue weighted by Crippen LogP contribution is 2.48. The van der Waals surface area contributed by atoms with Crippen molar-refractivity contribution in [3.8, 4) is 0 Å². The molecular weight excluding hydrogens is 1810 g/mol. The smallest absolute Gasteiger partial charge is 0.407 e. The molecule has 0 aliphatic carbocycles. The average Bonchev–Trinajstić information content (AvgIpc) is 1.52. The number of ether oxygens (including phenoxy) is 24. The molecule has 738 valence electrons. The molecule has 38 nitrogen and oxygen atoms in total. The standard InChI is InChI=1S/C90H125Cl3FN3O35/c1-20-54-68(127-79-45(11)44(10)66(55(21-2)119-79)128-81-70(125-77(102)52-31-27-25-28-32-52)42(8)40(6)61(121-81)37-112-88(83(104)109-18)35-59-64(96-86(107)123-59)74(131-88)72(116-50(16)100)57(23-4)114-48(14)98)47(13)69(76(94)118-54)130-80-63(95-85(106)111-39-90(91,92)93)46(12)67(56(22-3)120-80)129-82-71(126-78(103)53-33-29-26-30-34-53)43(9)41(7)62(122-82)38-113-89(84(105)110-19)36-60-65(97-87(108)124-60)75(132-89)73(117-51(17)101)58(24-5)115-49(15)99/h25-34,40-47,54-76,79-82H,20-24,35-39H2,1-19H3,(H,95,106)(H,96,107)(H,97,108)/t40-,41-,42+,43+,44-,45?,46-,47+,54?,55?,56?,57-,58-,59-,60-,61?,62?,63?,64-,65-,66+,67+,68+,69?,70?,71?,72-,73-,74?,75?,76+,79+,80+,81+,82+,88-,89-/m1/s1. The van der Waals surface area contributed by atoms with Crippen molar-refractivity contribution < 1.29 is 171 Å². The Kier molecular flexibility index (Phi) is 36.1. The van der Waals surface area contributed by atoms with Gasteiger partial charge < -0.3 is 130 Å². The van der Waals surface area contributed by atoms with Crippen molar-refractivity contribution in [2.75, 3.05) is 34.0 Å². The number of rotatable bonds is 35. The summed E-state index contributed by atoms with van der Waals surface area (Å²) in [6, 6.07) is 12.9. The van der Waals surface area contributed by atoms with Gasteiger partial charge in [-0.2, -0.15) is 0 Å². The maximum absolute atomic E-state index is 17.5. The highest BCUT2D eigenvalue weighted by atomic mass is 35.6. The molecule has 0 saturated carbocycles. The number of alkyl carbamates (subject to hydrolysis) is 3. The Morgan fingerprint density at radius 1 is 0.470 bits per heavy atom. The lowest BCUT2D eigenvalue weighted by atomic mass is 9.82.